The molecule has 3 heteroatoms. The largest absolute Gasteiger partial charge is 0.398 e. The number of hydrogen-bond donors (Lipinski definition) is 2. The summed E-state index contributed by atoms with van der Waals surface area (Å²) in [5.41, 5.74) is 9.01. The number of aryl methyl sites for hydroxylation is 1. The van der Waals surface area contributed by atoms with E-state index < -0.39 is 0 Å². The third-order valence-electron chi connectivity index (χ3n) is 3.41. The van der Waals surface area contributed by atoms with Crippen molar-refractivity contribution < 1.29 is 0 Å². The van der Waals surface area contributed by atoms with Gasteiger partial charge in [-0.25, -0.2) is 0 Å². The van der Waals surface area contributed by atoms with Crippen molar-refractivity contribution in [1.29, 1.82) is 0 Å². The molecule has 0 saturated heterocycles. The molecule has 2 unspecified atom stereocenters. The Hall–Kier alpha value is -0.700. The molecule has 0 amide bonds. The maximum atomic E-state index is 5.86. The molecule has 1 aliphatic rings. The second kappa shape index (κ2) is 4.66. The topological polar surface area (TPSA) is 38.0 Å². The monoisotopic (exact) mass is 282 g/mol. The van der Waals surface area contributed by atoms with Gasteiger partial charge in [0.1, 0.15) is 0 Å². The zero-order valence-corrected chi connectivity index (χ0v) is 11.5. The highest BCUT2D eigenvalue weighted by molar-refractivity contribution is 9.10. The molecule has 0 spiro atoms. The van der Waals surface area contributed by atoms with E-state index in [1.54, 1.807) is 0 Å². The van der Waals surface area contributed by atoms with Crippen LogP contribution in [0, 0.1) is 12.8 Å². The molecule has 1 aliphatic carbocycles. The van der Waals surface area contributed by atoms with Gasteiger partial charge in [0.15, 0.2) is 0 Å². The van der Waals surface area contributed by atoms with Crippen molar-refractivity contribution in [2.75, 3.05) is 11.1 Å². The molecular weight excluding hydrogens is 264 g/mol. The Morgan fingerprint density at radius 3 is 2.75 bits per heavy atom. The van der Waals surface area contributed by atoms with Crippen LogP contribution in [-0.2, 0) is 0 Å². The molecular formula is C13H19BrN2. The Morgan fingerprint density at radius 2 is 2.12 bits per heavy atom. The normalized spacial score (nSPS) is 24.7. The number of nitrogens with two attached hydrogens (primary N) is 1. The maximum Gasteiger partial charge on any atom is 0.0490 e. The van der Waals surface area contributed by atoms with Gasteiger partial charge in [-0.2, -0.15) is 0 Å². The van der Waals surface area contributed by atoms with Crippen molar-refractivity contribution in [1.82, 2.24) is 0 Å². The summed E-state index contributed by atoms with van der Waals surface area (Å²) in [7, 11) is 0. The van der Waals surface area contributed by atoms with Crippen LogP contribution in [0.5, 0.6) is 0 Å². The summed E-state index contributed by atoms with van der Waals surface area (Å²) < 4.78 is 1.06. The van der Waals surface area contributed by atoms with Crippen LogP contribution in [0.15, 0.2) is 16.6 Å². The summed E-state index contributed by atoms with van der Waals surface area (Å²) in [5.74, 6) is 0.853. The predicted molar refractivity (Wildman–Crippen MR) is 73.7 cm³/mol. The van der Waals surface area contributed by atoms with Gasteiger partial charge in [0, 0.05) is 21.9 Å². The summed E-state index contributed by atoms with van der Waals surface area (Å²) in [6.45, 7) is 4.37. The van der Waals surface area contributed by atoms with E-state index in [2.05, 4.69) is 34.2 Å². The van der Waals surface area contributed by atoms with Gasteiger partial charge in [0.05, 0.1) is 0 Å². The number of halogens is 1. The summed E-state index contributed by atoms with van der Waals surface area (Å²) in [6, 6.07) is 4.73. The molecule has 1 saturated carbocycles. The van der Waals surface area contributed by atoms with Crippen molar-refractivity contribution in [2.45, 2.75) is 39.2 Å². The van der Waals surface area contributed by atoms with E-state index in [9.17, 15) is 0 Å². The van der Waals surface area contributed by atoms with E-state index in [-0.39, 0.29) is 0 Å². The second-order valence-corrected chi connectivity index (χ2v) is 5.80. The molecule has 0 aliphatic heterocycles. The molecule has 1 aromatic rings. The highest BCUT2D eigenvalue weighted by atomic mass is 79.9. The van der Waals surface area contributed by atoms with Crippen LogP contribution in [0.3, 0.4) is 0 Å². The standard InChI is InChI=1S/C13H19BrN2/c1-8-3-4-10(5-8)16-13-6-9(2)12(15)7-11(13)14/h6-8,10,16H,3-5,15H2,1-2H3. The molecule has 0 aromatic heterocycles. The molecule has 2 nitrogen and oxygen atoms in total. The first-order chi connectivity index (χ1) is 7.56. The third kappa shape index (κ3) is 2.51. The molecule has 0 radical (unpaired) electrons. The summed E-state index contributed by atoms with van der Waals surface area (Å²) >= 11 is 3.56. The lowest BCUT2D eigenvalue weighted by Gasteiger charge is -2.16. The van der Waals surface area contributed by atoms with Gasteiger partial charge >= 0.3 is 0 Å². The van der Waals surface area contributed by atoms with Crippen molar-refractivity contribution in [3.05, 3.63) is 22.2 Å². The van der Waals surface area contributed by atoms with E-state index in [1.165, 1.54) is 24.9 Å². The van der Waals surface area contributed by atoms with Crippen molar-refractivity contribution in [2.24, 2.45) is 5.92 Å². The van der Waals surface area contributed by atoms with Gasteiger partial charge in [-0.05, 0) is 65.7 Å². The van der Waals surface area contributed by atoms with E-state index in [0.717, 1.165) is 21.6 Å². The fourth-order valence-corrected chi connectivity index (χ4v) is 2.84. The van der Waals surface area contributed by atoms with Crippen molar-refractivity contribution in [3.63, 3.8) is 0 Å². The minimum atomic E-state index is 0.620. The van der Waals surface area contributed by atoms with Crippen molar-refractivity contribution >= 4 is 27.3 Å². The van der Waals surface area contributed by atoms with E-state index in [0.29, 0.717) is 6.04 Å². The van der Waals surface area contributed by atoms with Gasteiger partial charge in [-0.15, -0.1) is 0 Å². The lowest BCUT2D eigenvalue weighted by Crippen LogP contribution is -2.15. The summed E-state index contributed by atoms with van der Waals surface area (Å²) in [4.78, 5) is 0. The van der Waals surface area contributed by atoms with Gasteiger partial charge in [-0.3, -0.25) is 0 Å². The second-order valence-electron chi connectivity index (χ2n) is 4.95. The fraction of sp³-hybridized carbons (Fsp3) is 0.538. The maximum absolute atomic E-state index is 5.86. The third-order valence-corrected chi connectivity index (χ3v) is 4.07. The van der Waals surface area contributed by atoms with Crippen LogP contribution < -0.4 is 11.1 Å². The number of anilines is 2. The zero-order valence-electron chi connectivity index (χ0n) is 9.89. The molecule has 1 aromatic carbocycles. The lowest BCUT2D eigenvalue weighted by atomic mass is 10.1. The SMILES string of the molecule is Cc1cc(NC2CCC(C)C2)c(Br)cc1N. The lowest BCUT2D eigenvalue weighted by molar-refractivity contribution is 0.602. The summed E-state index contributed by atoms with van der Waals surface area (Å²) in [5, 5.41) is 3.61. The van der Waals surface area contributed by atoms with Crippen molar-refractivity contribution in [3.8, 4) is 0 Å². The first-order valence-electron chi connectivity index (χ1n) is 5.88. The number of hydrogen-bond acceptors (Lipinski definition) is 2. The smallest absolute Gasteiger partial charge is 0.0490 e. The minimum absolute atomic E-state index is 0.620. The Morgan fingerprint density at radius 1 is 1.38 bits per heavy atom. The van der Waals surface area contributed by atoms with Gasteiger partial charge in [0.2, 0.25) is 0 Å². The highest BCUT2D eigenvalue weighted by Crippen LogP contribution is 2.32. The van der Waals surface area contributed by atoms with Gasteiger partial charge in [-0.1, -0.05) is 6.92 Å². The first kappa shape index (κ1) is 11.8. The Bertz CT molecular complexity index is 390. The highest BCUT2D eigenvalue weighted by Gasteiger charge is 2.21. The van der Waals surface area contributed by atoms with E-state index in [4.69, 9.17) is 5.73 Å². The fourth-order valence-electron chi connectivity index (χ4n) is 2.37. The Kier molecular flexibility index (Phi) is 3.43. The van der Waals surface area contributed by atoms with Crippen LogP contribution >= 0.6 is 15.9 Å². The Balaban J connectivity index is 2.12. The molecule has 2 atom stereocenters. The predicted octanol–water partition coefficient (Wildman–Crippen LogP) is 3.94. The number of rotatable bonds is 2. The quantitative estimate of drug-likeness (QED) is 0.807. The van der Waals surface area contributed by atoms with E-state index >= 15 is 0 Å². The molecule has 88 valence electrons. The van der Waals surface area contributed by atoms with Crippen LogP contribution in [0.25, 0.3) is 0 Å². The number of nitrogen functional groups attached to an aromatic ring is 1. The van der Waals surface area contributed by atoms with Crippen LogP contribution in [0.1, 0.15) is 31.7 Å². The average molecular weight is 283 g/mol. The van der Waals surface area contributed by atoms with Crippen LogP contribution in [0.4, 0.5) is 11.4 Å². The Labute approximate surface area is 106 Å². The summed E-state index contributed by atoms with van der Waals surface area (Å²) in [6.07, 6.45) is 3.89. The molecule has 3 N–H and O–H groups in total. The zero-order chi connectivity index (χ0) is 11.7. The number of benzene rings is 1. The molecule has 0 heterocycles. The van der Waals surface area contributed by atoms with Gasteiger partial charge < -0.3 is 11.1 Å². The van der Waals surface area contributed by atoms with Crippen LogP contribution in [-0.4, -0.2) is 6.04 Å². The van der Waals surface area contributed by atoms with Crippen LogP contribution in [0.2, 0.25) is 0 Å². The molecule has 0 bridgehead atoms. The molecule has 2 rings (SSSR count). The van der Waals surface area contributed by atoms with E-state index in [1.807, 2.05) is 13.0 Å². The number of nitrogens with one attached hydrogen (secondary N) is 1. The average Bonchev–Trinajstić information content (AvgIpc) is 2.60. The first-order valence-corrected chi connectivity index (χ1v) is 6.67. The molecule has 1 fully saturated rings. The molecule has 16 heavy (non-hydrogen) atoms. The minimum Gasteiger partial charge on any atom is -0.398 e. The van der Waals surface area contributed by atoms with Gasteiger partial charge in [0.25, 0.3) is 0 Å².